The Hall–Kier alpha value is -2.62. The van der Waals surface area contributed by atoms with Crippen LogP contribution in [0, 0.1) is 5.41 Å². The summed E-state index contributed by atoms with van der Waals surface area (Å²) in [5.74, 6) is -1.38. The Morgan fingerprint density at radius 3 is 2.38 bits per heavy atom. The maximum atomic E-state index is 13.4. The van der Waals surface area contributed by atoms with Crippen LogP contribution in [-0.4, -0.2) is 28.4 Å². The van der Waals surface area contributed by atoms with Crippen molar-refractivity contribution in [3.8, 4) is 0 Å². The molecule has 1 N–H and O–H groups in total. The number of nitrogens with zero attached hydrogens (tertiary/aromatic N) is 1. The molecule has 0 spiro atoms. The molecule has 0 bridgehead atoms. The standard InChI is InChI=1S/C22H23NO3/c24-20(25)19-15-23(14-17-9-4-5-10-18(17)19)21(26)22(11-6-12-22)13-16-7-2-1-3-8-16/h1-5,7-10,19H,6,11-15H2,(H,24,25). The summed E-state index contributed by atoms with van der Waals surface area (Å²) < 4.78 is 0. The molecule has 0 radical (unpaired) electrons. The first-order valence-electron chi connectivity index (χ1n) is 9.23. The van der Waals surface area contributed by atoms with Gasteiger partial charge in [-0.2, -0.15) is 0 Å². The summed E-state index contributed by atoms with van der Waals surface area (Å²) in [6.07, 6.45) is 3.57. The Balaban J connectivity index is 1.60. The molecule has 134 valence electrons. The molecular formula is C22H23NO3. The number of amides is 1. The molecule has 0 saturated heterocycles. The predicted molar refractivity (Wildman–Crippen MR) is 98.7 cm³/mol. The minimum Gasteiger partial charge on any atom is -0.481 e. The number of rotatable bonds is 4. The largest absolute Gasteiger partial charge is 0.481 e. The molecule has 1 saturated carbocycles. The highest BCUT2D eigenvalue weighted by Crippen LogP contribution is 2.46. The molecule has 1 fully saturated rings. The zero-order valence-corrected chi connectivity index (χ0v) is 14.7. The van der Waals surface area contributed by atoms with Gasteiger partial charge in [-0.3, -0.25) is 9.59 Å². The summed E-state index contributed by atoms with van der Waals surface area (Å²) in [7, 11) is 0. The van der Waals surface area contributed by atoms with Crippen LogP contribution in [-0.2, 0) is 22.6 Å². The molecule has 1 amide bonds. The Labute approximate surface area is 153 Å². The van der Waals surface area contributed by atoms with Gasteiger partial charge in [0.15, 0.2) is 0 Å². The lowest BCUT2D eigenvalue weighted by Gasteiger charge is -2.45. The van der Waals surface area contributed by atoms with Crippen molar-refractivity contribution in [2.75, 3.05) is 6.54 Å². The average molecular weight is 349 g/mol. The molecule has 0 aromatic heterocycles. The van der Waals surface area contributed by atoms with Crippen molar-refractivity contribution >= 4 is 11.9 Å². The molecular weight excluding hydrogens is 326 g/mol. The van der Waals surface area contributed by atoms with Crippen LogP contribution in [0.3, 0.4) is 0 Å². The lowest BCUT2D eigenvalue weighted by atomic mass is 9.64. The van der Waals surface area contributed by atoms with E-state index in [0.717, 1.165) is 36.8 Å². The van der Waals surface area contributed by atoms with Gasteiger partial charge in [0, 0.05) is 13.1 Å². The van der Waals surface area contributed by atoms with Gasteiger partial charge in [0.2, 0.25) is 5.91 Å². The third-order valence-corrected chi connectivity index (χ3v) is 5.93. The highest BCUT2D eigenvalue weighted by Gasteiger charge is 2.47. The predicted octanol–water partition coefficient (Wildman–Crippen LogP) is 3.61. The fraction of sp³-hybridized carbons (Fsp3) is 0.364. The zero-order chi connectivity index (χ0) is 18.1. The van der Waals surface area contributed by atoms with Gasteiger partial charge < -0.3 is 10.0 Å². The number of carbonyl (C=O) groups excluding carboxylic acids is 1. The molecule has 4 heteroatoms. The van der Waals surface area contributed by atoms with Crippen molar-refractivity contribution < 1.29 is 14.7 Å². The first-order valence-corrected chi connectivity index (χ1v) is 9.23. The molecule has 26 heavy (non-hydrogen) atoms. The summed E-state index contributed by atoms with van der Waals surface area (Å²) in [4.78, 5) is 27.0. The van der Waals surface area contributed by atoms with Crippen LogP contribution >= 0.6 is 0 Å². The number of carbonyl (C=O) groups is 2. The van der Waals surface area contributed by atoms with E-state index in [2.05, 4.69) is 12.1 Å². The molecule has 2 aliphatic rings. The van der Waals surface area contributed by atoms with Gasteiger partial charge in [0.05, 0.1) is 11.3 Å². The van der Waals surface area contributed by atoms with Crippen molar-refractivity contribution in [1.29, 1.82) is 0 Å². The van der Waals surface area contributed by atoms with Crippen LogP contribution in [0.15, 0.2) is 54.6 Å². The first kappa shape index (κ1) is 16.8. The molecule has 2 aromatic carbocycles. The number of benzene rings is 2. The van der Waals surface area contributed by atoms with Crippen LogP contribution in [0.5, 0.6) is 0 Å². The van der Waals surface area contributed by atoms with Crippen molar-refractivity contribution in [3.63, 3.8) is 0 Å². The Kier molecular flexibility index (Phi) is 4.27. The van der Waals surface area contributed by atoms with E-state index >= 15 is 0 Å². The van der Waals surface area contributed by atoms with Gasteiger partial charge >= 0.3 is 5.97 Å². The number of aliphatic carboxylic acids is 1. The summed E-state index contributed by atoms with van der Waals surface area (Å²) in [5.41, 5.74) is 2.60. The van der Waals surface area contributed by atoms with E-state index < -0.39 is 11.9 Å². The summed E-state index contributed by atoms with van der Waals surface area (Å²) >= 11 is 0. The smallest absolute Gasteiger partial charge is 0.312 e. The van der Waals surface area contributed by atoms with E-state index in [1.54, 1.807) is 4.90 Å². The van der Waals surface area contributed by atoms with Crippen LogP contribution in [0.25, 0.3) is 0 Å². The van der Waals surface area contributed by atoms with Gasteiger partial charge in [-0.05, 0) is 36.0 Å². The van der Waals surface area contributed by atoms with Crippen LogP contribution in [0.1, 0.15) is 41.9 Å². The molecule has 4 nitrogen and oxygen atoms in total. The molecule has 4 rings (SSSR count). The van der Waals surface area contributed by atoms with Gasteiger partial charge in [0.25, 0.3) is 0 Å². The van der Waals surface area contributed by atoms with Crippen LogP contribution in [0.2, 0.25) is 0 Å². The number of carboxylic acids is 1. The van der Waals surface area contributed by atoms with E-state index in [-0.39, 0.29) is 17.9 Å². The summed E-state index contributed by atoms with van der Waals surface area (Å²) in [6, 6.07) is 17.7. The van der Waals surface area contributed by atoms with Gasteiger partial charge in [-0.1, -0.05) is 61.0 Å². The SMILES string of the molecule is O=C(O)C1CN(C(=O)C2(Cc3ccccc3)CCC2)Cc2ccccc21. The van der Waals surface area contributed by atoms with Crippen LogP contribution < -0.4 is 0 Å². The van der Waals surface area contributed by atoms with E-state index in [0.29, 0.717) is 6.54 Å². The minimum absolute atomic E-state index is 0.119. The normalized spacial score (nSPS) is 20.8. The topological polar surface area (TPSA) is 57.6 Å². The highest BCUT2D eigenvalue weighted by atomic mass is 16.4. The highest BCUT2D eigenvalue weighted by molar-refractivity contribution is 5.86. The van der Waals surface area contributed by atoms with Crippen molar-refractivity contribution in [2.24, 2.45) is 5.41 Å². The number of fused-ring (bicyclic) bond motifs is 1. The lowest BCUT2D eigenvalue weighted by molar-refractivity contribution is -0.150. The number of hydrogen-bond acceptors (Lipinski definition) is 2. The summed E-state index contributed by atoms with van der Waals surface area (Å²) in [6.45, 7) is 0.775. The Morgan fingerprint density at radius 1 is 1.04 bits per heavy atom. The maximum absolute atomic E-state index is 13.4. The molecule has 1 atom stereocenters. The van der Waals surface area contributed by atoms with Gasteiger partial charge in [0.1, 0.15) is 0 Å². The van der Waals surface area contributed by atoms with Gasteiger partial charge in [-0.15, -0.1) is 0 Å². The summed E-state index contributed by atoms with van der Waals surface area (Å²) in [5, 5.41) is 9.66. The number of carboxylic acid groups (broad SMARTS) is 1. The molecule has 1 heterocycles. The lowest BCUT2D eigenvalue weighted by Crippen LogP contribution is -2.51. The monoisotopic (exact) mass is 349 g/mol. The third kappa shape index (κ3) is 2.90. The Morgan fingerprint density at radius 2 is 1.73 bits per heavy atom. The van der Waals surface area contributed by atoms with Crippen molar-refractivity contribution in [2.45, 2.75) is 38.1 Å². The second kappa shape index (κ2) is 6.60. The van der Waals surface area contributed by atoms with Gasteiger partial charge in [-0.25, -0.2) is 0 Å². The molecule has 1 unspecified atom stereocenters. The minimum atomic E-state index is -0.860. The maximum Gasteiger partial charge on any atom is 0.312 e. The fourth-order valence-electron chi connectivity index (χ4n) is 4.36. The van der Waals surface area contributed by atoms with Crippen LogP contribution in [0.4, 0.5) is 0 Å². The van der Waals surface area contributed by atoms with E-state index in [1.165, 1.54) is 5.56 Å². The quantitative estimate of drug-likeness (QED) is 0.917. The molecule has 1 aliphatic carbocycles. The van der Waals surface area contributed by atoms with E-state index in [1.807, 2.05) is 42.5 Å². The second-order valence-electron chi connectivity index (χ2n) is 7.57. The average Bonchev–Trinajstić information content (AvgIpc) is 2.64. The zero-order valence-electron chi connectivity index (χ0n) is 14.7. The number of hydrogen-bond donors (Lipinski definition) is 1. The van der Waals surface area contributed by atoms with E-state index in [9.17, 15) is 14.7 Å². The first-order chi connectivity index (χ1) is 12.6. The second-order valence-corrected chi connectivity index (χ2v) is 7.57. The molecule has 2 aromatic rings. The third-order valence-electron chi connectivity index (χ3n) is 5.93. The van der Waals surface area contributed by atoms with Crippen molar-refractivity contribution in [1.82, 2.24) is 4.90 Å². The fourth-order valence-corrected chi connectivity index (χ4v) is 4.36. The Bertz CT molecular complexity index is 826. The van der Waals surface area contributed by atoms with E-state index in [4.69, 9.17) is 0 Å². The molecule has 1 aliphatic heterocycles. The van der Waals surface area contributed by atoms with Crippen molar-refractivity contribution in [3.05, 3.63) is 71.3 Å².